The fourth-order valence-electron chi connectivity index (χ4n) is 1.64. The van der Waals surface area contributed by atoms with Gasteiger partial charge < -0.3 is 4.52 Å². The standard InChI is InChI=1S/C11H7N3O3/c15-8-6-9-14(11(16)12-8)10(13-17-9)7-4-2-1-3-5-7/h1-6H,(H,12,15,16). The summed E-state index contributed by atoms with van der Waals surface area (Å²) in [6.07, 6.45) is 0. The van der Waals surface area contributed by atoms with Gasteiger partial charge in [0.15, 0.2) is 5.82 Å². The molecule has 2 aromatic heterocycles. The minimum Gasteiger partial charge on any atom is -0.335 e. The molecule has 0 aliphatic rings. The molecule has 1 N–H and O–H groups in total. The van der Waals surface area contributed by atoms with Crippen molar-refractivity contribution >= 4 is 5.71 Å². The van der Waals surface area contributed by atoms with Crippen molar-refractivity contribution < 1.29 is 4.52 Å². The van der Waals surface area contributed by atoms with E-state index in [4.69, 9.17) is 4.52 Å². The zero-order valence-electron chi connectivity index (χ0n) is 8.58. The van der Waals surface area contributed by atoms with Crippen molar-refractivity contribution in [1.29, 1.82) is 0 Å². The van der Waals surface area contributed by atoms with Crippen LogP contribution in [-0.4, -0.2) is 14.5 Å². The molecule has 3 aromatic rings. The van der Waals surface area contributed by atoms with E-state index in [9.17, 15) is 9.59 Å². The number of nitrogens with one attached hydrogen (secondary N) is 1. The van der Waals surface area contributed by atoms with Gasteiger partial charge in [-0.2, -0.15) is 0 Å². The van der Waals surface area contributed by atoms with E-state index < -0.39 is 11.2 Å². The monoisotopic (exact) mass is 229 g/mol. The second-order valence-corrected chi connectivity index (χ2v) is 3.48. The van der Waals surface area contributed by atoms with Gasteiger partial charge in [-0.1, -0.05) is 35.5 Å². The number of rotatable bonds is 1. The molecular weight excluding hydrogens is 222 g/mol. The first-order valence-electron chi connectivity index (χ1n) is 4.93. The van der Waals surface area contributed by atoms with Gasteiger partial charge in [0.2, 0.25) is 5.71 Å². The molecule has 0 bridgehead atoms. The molecule has 3 rings (SSSR count). The molecule has 0 radical (unpaired) electrons. The predicted molar refractivity (Wildman–Crippen MR) is 59.8 cm³/mol. The van der Waals surface area contributed by atoms with Crippen molar-refractivity contribution in [2.75, 3.05) is 0 Å². The summed E-state index contributed by atoms with van der Waals surface area (Å²) in [6.45, 7) is 0. The highest BCUT2D eigenvalue weighted by Crippen LogP contribution is 2.16. The molecule has 84 valence electrons. The lowest BCUT2D eigenvalue weighted by molar-refractivity contribution is 0.456. The number of aromatic amines is 1. The van der Waals surface area contributed by atoms with Gasteiger partial charge in [0.1, 0.15) is 0 Å². The van der Waals surface area contributed by atoms with Crippen molar-refractivity contribution in [1.82, 2.24) is 14.5 Å². The highest BCUT2D eigenvalue weighted by molar-refractivity contribution is 5.57. The van der Waals surface area contributed by atoms with E-state index in [1.165, 1.54) is 10.5 Å². The third-order valence-electron chi connectivity index (χ3n) is 2.38. The van der Waals surface area contributed by atoms with Crippen LogP contribution in [0, 0.1) is 0 Å². The van der Waals surface area contributed by atoms with Crippen LogP contribution < -0.4 is 11.2 Å². The Kier molecular flexibility index (Phi) is 1.94. The Morgan fingerprint density at radius 3 is 2.71 bits per heavy atom. The van der Waals surface area contributed by atoms with Gasteiger partial charge in [-0.25, -0.2) is 9.20 Å². The zero-order valence-corrected chi connectivity index (χ0v) is 8.58. The van der Waals surface area contributed by atoms with E-state index in [2.05, 4.69) is 10.1 Å². The Hall–Kier alpha value is -2.63. The smallest absolute Gasteiger partial charge is 0.335 e. The van der Waals surface area contributed by atoms with Gasteiger partial charge in [0.05, 0.1) is 6.07 Å². The third-order valence-corrected chi connectivity index (χ3v) is 2.38. The van der Waals surface area contributed by atoms with Crippen LogP contribution in [0.3, 0.4) is 0 Å². The van der Waals surface area contributed by atoms with Crippen molar-refractivity contribution in [2.45, 2.75) is 0 Å². The molecule has 0 saturated heterocycles. The molecule has 2 heterocycles. The highest BCUT2D eigenvalue weighted by Gasteiger charge is 2.11. The molecule has 0 unspecified atom stereocenters. The van der Waals surface area contributed by atoms with Crippen molar-refractivity contribution in [3.63, 3.8) is 0 Å². The second-order valence-electron chi connectivity index (χ2n) is 3.48. The van der Waals surface area contributed by atoms with E-state index >= 15 is 0 Å². The van der Waals surface area contributed by atoms with Crippen molar-refractivity contribution in [3.8, 4) is 11.4 Å². The average molecular weight is 229 g/mol. The summed E-state index contributed by atoms with van der Waals surface area (Å²) in [5, 5.41) is 3.80. The van der Waals surface area contributed by atoms with Gasteiger partial charge >= 0.3 is 5.69 Å². The summed E-state index contributed by atoms with van der Waals surface area (Å²) in [5.41, 5.74) is -0.212. The van der Waals surface area contributed by atoms with Gasteiger partial charge in [-0.05, 0) is 0 Å². The first-order valence-corrected chi connectivity index (χ1v) is 4.93. The molecule has 0 atom stereocenters. The Bertz CT molecular complexity index is 783. The van der Waals surface area contributed by atoms with Crippen LogP contribution in [0.4, 0.5) is 0 Å². The van der Waals surface area contributed by atoms with E-state index in [-0.39, 0.29) is 5.71 Å². The van der Waals surface area contributed by atoms with E-state index in [0.29, 0.717) is 5.82 Å². The lowest BCUT2D eigenvalue weighted by atomic mass is 10.2. The largest absolute Gasteiger partial charge is 0.337 e. The summed E-state index contributed by atoms with van der Waals surface area (Å²) in [4.78, 5) is 24.9. The van der Waals surface area contributed by atoms with Crippen molar-refractivity contribution in [3.05, 3.63) is 57.2 Å². The van der Waals surface area contributed by atoms with Crippen LogP contribution in [0.15, 0.2) is 50.5 Å². The summed E-state index contributed by atoms with van der Waals surface area (Å²) in [6, 6.07) is 10.3. The molecular formula is C11H7N3O3. The molecule has 0 aliphatic heterocycles. The van der Waals surface area contributed by atoms with Crippen LogP contribution in [0.2, 0.25) is 0 Å². The number of fused-ring (bicyclic) bond motifs is 1. The fraction of sp³-hybridized carbons (Fsp3) is 0. The maximum Gasteiger partial charge on any atom is 0.337 e. The van der Waals surface area contributed by atoms with Crippen LogP contribution in [0.25, 0.3) is 17.1 Å². The summed E-state index contributed by atoms with van der Waals surface area (Å²) >= 11 is 0. The molecule has 0 fully saturated rings. The summed E-state index contributed by atoms with van der Waals surface area (Å²) in [7, 11) is 0. The maximum absolute atomic E-state index is 11.7. The molecule has 0 spiro atoms. The van der Waals surface area contributed by atoms with Crippen LogP contribution in [0.5, 0.6) is 0 Å². The van der Waals surface area contributed by atoms with Gasteiger partial charge in [0, 0.05) is 5.56 Å². The van der Waals surface area contributed by atoms with Crippen molar-refractivity contribution in [2.24, 2.45) is 0 Å². The number of hydrogen-bond donors (Lipinski definition) is 1. The Labute approximate surface area is 94.1 Å². The first kappa shape index (κ1) is 9.59. The molecule has 6 nitrogen and oxygen atoms in total. The summed E-state index contributed by atoms with van der Waals surface area (Å²) in [5.74, 6) is 0.363. The van der Waals surface area contributed by atoms with E-state index in [0.717, 1.165) is 5.56 Å². The van der Waals surface area contributed by atoms with E-state index in [1.54, 1.807) is 12.1 Å². The van der Waals surface area contributed by atoms with Gasteiger partial charge in [-0.3, -0.25) is 9.78 Å². The molecule has 17 heavy (non-hydrogen) atoms. The predicted octanol–water partition coefficient (Wildman–Crippen LogP) is 0.643. The third kappa shape index (κ3) is 1.46. The number of aromatic nitrogens is 3. The Balaban J connectivity index is 2.40. The lowest BCUT2D eigenvalue weighted by Gasteiger charge is -1.95. The molecule has 6 heteroatoms. The minimum atomic E-state index is -0.562. The molecule has 0 aliphatic carbocycles. The van der Waals surface area contributed by atoms with E-state index in [1.807, 2.05) is 18.2 Å². The Morgan fingerprint density at radius 1 is 1.18 bits per heavy atom. The molecule has 0 saturated carbocycles. The lowest BCUT2D eigenvalue weighted by Crippen LogP contribution is -2.24. The van der Waals surface area contributed by atoms with Gasteiger partial charge in [-0.15, -0.1) is 0 Å². The maximum atomic E-state index is 11.7. The normalized spacial score (nSPS) is 10.8. The quantitative estimate of drug-likeness (QED) is 0.664. The zero-order chi connectivity index (χ0) is 11.8. The number of H-pyrrole nitrogens is 1. The molecule has 0 amide bonds. The highest BCUT2D eigenvalue weighted by atomic mass is 16.5. The minimum absolute atomic E-state index is 0.123. The molecule has 1 aromatic carbocycles. The average Bonchev–Trinajstić information content (AvgIpc) is 2.74. The number of hydrogen-bond acceptors (Lipinski definition) is 4. The first-order chi connectivity index (χ1) is 8.25. The van der Waals surface area contributed by atoms with Crippen LogP contribution in [-0.2, 0) is 0 Å². The summed E-state index contributed by atoms with van der Waals surface area (Å²) < 4.78 is 6.18. The van der Waals surface area contributed by atoms with Crippen LogP contribution >= 0.6 is 0 Å². The SMILES string of the molecule is O=c1cc2onc(-c3ccccc3)n2c(=O)[nH]1. The number of nitrogens with zero attached hydrogens (tertiary/aromatic N) is 2. The van der Waals surface area contributed by atoms with Crippen LogP contribution in [0.1, 0.15) is 0 Å². The second kappa shape index (κ2) is 3.44. The van der Waals surface area contributed by atoms with Gasteiger partial charge in [0.25, 0.3) is 5.56 Å². The Morgan fingerprint density at radius 2 is 1.94 bits per heavy atom. The topological polar surface area (TPSA) is 80.4 Å². The number of benzene rings is 1. The fourth-order valence-corrected chi connectivity index (χ4v) is 1.64.